The van der Waals surface area contributed by atoms with Crippen molar-refractivity contribution in [3.8, 4) is 11.5 Å². The summed E-state index contributed by atoms with van der Waals surface area (Å²) in [4.78, 5) is 16.7. The molecule has 3 aromatic rings. The summed E-state index contributed by atoms with van der Waals surface area (Å²) in [6, 6.07) is 16.7. The van der Waals surface area contributed by atoms with Gasteiger partial charge in [-0.1, -0.05) is 18.2 Å². The van der Waals surface area contributed by atoms with E-state index in [0.717, 1.165) is 16.7 Å². The fourth-order valence-electron chi connectivity index (χ4n) is 2.46. The lowest BCUT2D eigenvalue weighted by Gasteiger charge is -2.16. The van der Waals surface area contributed by atoms with Gasteiger partial charge in [-0.25, -0.2) is 0 Å². The van der Waals surface area contributed by atoms with Gasteiger partial charge in [0.2, 0.25) is 0 Å². The van der Waals surface area contributed by atoms with E-state index in [1.54, 1.807) is 25.3 Å². The van der Waals surface area contributed by atoms with Crippen LogP contribution in [0.25, 0.3) is 10.9 Å². The number of aromatic nitrogens is 1. The Morgan fingerprint density at radius 3 is 2.64 bits per heavy atom. The number of carbonyl (C=O) groups is 1. The predicted molar refractivity (Wildman–Crippen MR) is 98.1 cm³/mol. The van der Waals surface area contributed by atoms with E-state index in [4.69, 9.17) is 9.47 Å². The number of anilines is 1. The second-order valence-electron chi connectivity index (χ2n) is 5.54. The van der Waals surface area contributed by atoms with Crippen LogP contribution in [0.4, 0.5) is 5.69 Å². The molecule has 1 heterocycles. The molecule has 1 amide bonds. The van der Waals surface area contributed by atoms with Crippen LogP contribution < -0.4 is 14.8 Å². The minimum absolute atomic E-state index is 0.225. The fraction of sp³-hybridized carbons (Fsp3) is 0.200. The van der Waals surface area contributed by atoms with E-state index < -0.39 is 6.10 Å². The van der Waals surface area contributed by atoms with Crippen molar-refractivity contribution in [2.75, 3.05) is 11.9 Å². The molecule has 0 saturated heterocycles. The van der Waals surface area contributed by atoms with Crippen LogP contribution in [-0.2, 0) is 4.79 Å². The van der Waals surface area contributed by atoms with Crippen molar-refractivity contribution in [1.29, 1.82) is 0 Å². The number of ether oxygens (including phenoxy) is 2. The van der Waals surface area contributed by atoms with Crippen molar-refractivity contribution in [3.05, 3.63) is 60.8 Å². The van der Waals surface area contributed by atoms with Gasteiger partial charge in [-0.15, -0.1) is 0 Å². The molecule has 0 spiro atoms. The Bertz CT molecular complexity index is 857. The van der Waals surface area contributed by atoms with Crippen molar-refractivity contribution in [3.63, 3.8) is 0 Å². The van der Waals surface area contributed by atoms with E-state index in [-0.39, 0.29) is 5.91 Å². The first-order chi connectivity index (χ1) is 12.2. The van der Waals surface area contributed by atoms with Gasteiger partial charge < -0.3 is 14.8 Å². The van der Waals surface area contributed by atoms with Crippen LogP contribution in [0.3, 0.4) is 0 Å². The zero-order chi connectivity index (χ0) is 17.6. The lowest BCUT2D eigenvalue weighted by Crippen LogP contribution is -2.30. The molecule has 128 valence electrons. The molecule has 0 saturated carbocycles. The maximum atomic E-state index is 12.4. The summed E-state index contributed by atoms with van der Waals surface area (Å²) in [5, 5.41) is 3.81. The summed E-state index contributed by atoms with van der Waals surface area (Å²) < 4.78 is 11.2. The van der Waals surface area contributed by atoms with Crippen molar-refractivity contribution >= 4 is 22.5 Å². The Morgan fingerprint density at radius 1 is 1.12 bits per heavy atom. The Balaban J connectivity index is 1.68. The van der Waals surface area contributed by atoms with Gasteiger partial charge in [-0.3, -0.25) is 9.78 Å². The minimum Gasteiger partial charge on any atom is -0.494 e. The monoisotopic (exact) mass is 336 g/mol. The molecule has 1 unspecified atom stereocenters. The molecule has 1 atom stereocenters. The summed E-state index contributed by atoms with van der Waals surface area (Å²) in [6.45, 7) is 4.25. The summed E-state index contributed by atoms with van der Waals surface area (Å²) in [7, 11) is 0. The first kappa shape index (κ1) is 16.8. The molecular weight excluding hydrogens is 316 g/mol. The maximum absolute atomic E-state index is 12.4. The maximum Gasteiger partial charge on any atom is 0.265 e. The molecule has 0 fully saturated rings. The van der Waals surface area contributed by atoms with Gasteiger partial charge in [-0.2, -0.15) is 0 Å². The number of fused-ring (bicyclic) bond motifs is 1. The summed E-state index contributed by atoms with van der Waals surface area (Å²) in [5.74, 6) is 1.14. The molecule has 5 heteroatoms. The number of pyridine rings is 1. The lowest BCUT2D eigenvalue weighted by molar-refractivity contribution is -0.122. The topological polar surface area (TPSA) is 60.5 Å². The van der Waals surface area contributed by atoms with Crippen molar-refractivity contribution in [1.82, 2.24) is 4.98 Å². The number of hydrogen-bond acceptors (Lipinski definition) is 4. The number of amides is 1. The second-order valence-corrected chi connectivity index (χ2v) is 5.54. The zero-order valence-electron chi connectivity index (χ0n) is 14.2. The number of benzene rings is 2. The highest BCUT2D eigenvalue weighted by Crippen LogP contribution is 2.24. The van der Waals surface area contributed by atoms with Gasteiger partial charge in [-0.05, 0) is 50.2 Å². The Labute approximate surface area is 146 Å². The number of rotatable bonds is 6. The highest BCUT2D eigenvalue weighted by molar-refractivity contribution is 5.94. The quantitative estimate of drug-likeness (QED) is 0.738. The van der Waals surface area contributed by atoms with Crippen LogP contribution in [-0.4, -0.2) is 23.6 Å². The average Bonchev–Trinajstić information content (AvgIpc) is 2.64. The van der Waals surface area contributed by atoms with Crippen molar-refractivity contribution < 1.29 is 14.3 Å². The summed E-state index contributed by atoms with van der Waals surface area (Å²) in [6.07, 6.45) is 1.05. The number of nitrogens with zero attached hydrogens (tertiary/aromatic N) is 1. The van der Waals surface area contributed by atoms with Gasteiger partial charge in [0.25, 0.3) is 5.91 Å². The van der Waals surface area contributed by atoms with Gasteiger partial charge in [0.05, 0.1) is 6.61 Å². The van der Waals surface area contributed by atoms with E-state index >= 15 is 0 Å². The van der Waals surface area contributed by atoms with Gasteiger partial charge in [0.1, 0.15) is 17.0 Å². The molecule has 25 heavy (non-hydrogen) atoms. The number of nitrogens with one attached hydrogen (secondary N) is 1. The van der Waals surface area contributed by atoms with E-state index in [9.17, 15) is 4.79 Å². The smallest absolute Gasteiger partial charge is 0.265 e. The molecule has 0 aliphatic heterocycles. The van der Waals surface area contributed by atoms with Crippen LogP contribution in [0.15, 0.2) is 60.8 Å². The lowest BCUT2D eigenvalue weighted by atomic mass is 10.2. The fourth-order valence-corrected chi connectivity index (χ4v) is 2.46. The van der Waals surface area contributed by atoms with Crippen LogP contribution >= 0.6 is 0 Å². The standard InChI is InChI=1S/C20H20N2O3/c1-3-24-17-11-9-16(10-12-17)22-20(23)14(2)25-18-8-4-6-15-7-5-13-21-19(15)18/h4-14H,3H2,1-2H3,(H,22,23). The summed E-state index contributed by atoms with van der Waals surface area (Å²) >= 11 is 0. The largest absolute Gasteiger partial charge is 0.494 e. The first-order valence-corrected chi connectivity index (χ1v) is 8.21. The van der Waals surface area contributed by atoms with Crippen LogP contribution in [0.5, 0.6) is 11.5 Å². The average molecular weight is 336 g/mol. The van der Waals surface area contributed by atoms with Crippen molar-refractivity contribution in [2.24, 2.45) is 0 Å². The Hall–Kier alpha value is -3.08. The van der Waals surface area contributed by atoms with E-state index in [1.807, 2.05) is 49.4 Å². The molecule has 0 bridgehead atoms. The zero-order valence-corrected chi connectivity index (χ0v) is 14.2. The Kier molecular flexibility index (Phi) is 5.14. The Morgan fingerprint density at radius 2 is 1.88 bits per heavy atom. The minimum atomic E-state index is -0.654. The molecule has 2 aromatic carbocycles. The second kappa shape index (κ2) is 7.66. The molecule has 0 aliphatic rings. The number of carbonyl (C=O) groups excluding carboxylic acids is 1. The molecule has 5 nitrogen and oxygen atoms in total. The van der Waals surface area contributed by atoms with E-state index in [0.29, 0.717) is 18.0 Å². The molecule has 3 rings (SSSR count). The van der Waals surface area contributed by atoms with E-state index in [2.05, 4.69) is 10.3 Å². The third-order valence-electron chi connectivity index (χ3n) is 3.70. The molecule has 0 aliphatic carbocycles. The SMILES string of the molecule is CCOc1ccc(NC(=O)C(C)Oc2cccc3cccnc23)cc1. The number of hydrogen-bond donors (Lipinski definition) is 1. The molecule has 1 N–H and O–H groups in total. The predicted octanol–water partition coefficient (Wildman–Crippen LogP) is 4.04. The van der Waals surface area contributed by atoms with Crippen LogP contribution in [0, 0.1) is 0 Å². The van der Waals surface area contributed by atoms with Crippen LogP contribution in [0.2, 0.25) is 0 Å². The first-order valence-electron chi connectivity index (χ1n) is 8.21. The molecule has 0 radical (unpaired) electrons. The van der Waals surface area contributed by atoms with Gasteiger partial charge >= 0.3 is 0 Å². The van der Waals surface area contributed by atoms with Gasteiger partial charge in [0, 0.05) is 17.3 Å². The van der Waals surface area contributed by atoms with Crippen molar-refractivity contribution in [2.45, 2.75) is 20.0 Å². The number of para-hydroxylation sites is 1. The summed E-state index contributed by atoms with van der Waals surface area (Å²) in [5.41, 5.74) is 1.44. The molecule has 1 aromatic heterocycles. The van der Waals surface area contributed by atoms with Gasteiger partial charge in [0.15, 0.2) is 6.10 Å². The molecular formula is C20H20N2O3. The third-order valence-corrected chi connectivity index (χ3v) is 3.70. The normalized spacial score (nSPS) is 11.8. The van der Waals surface area contributed by atoms with Crippen LogP contribution in [0.1, 0.15) is 13.8 Å². The highest BCUT2D eigenvalue weighted by Gasteiger charge is 2.16. The third kappa shape index (κ3) is 4.07. The van der Waals surface area contributed by atoms with E-state index in [1.165, 1.54) is 0 Å². The highest BCUT2D eigenvalue weighted by atomic mass is 16.5.